The lowest BCUT2D eigenvalue weighted by Crippen LogP contribution is -2.15. The summed E-state index contributed by atoms with van der Waals surface area (Å²) in [6.45, 7) is 23.6. The molecule has 0 atom stereocenters. The number of Topliss-reactive ketones (excluding diaryl/α,β-unsaturated/α-hetero) is 1. The minimum Gasteiger partial charge on any atom is -0.381 e. The number of rotatable bonds is 18. The first kappa shape index (κ1) is 36.9. The molecule has 0 aromatic rings. The third-order valence-corrected chi connectivity index (χ3v) is 4.89. The number of unbranched alkanes of at least 4 members (excludes halogenated alkanes) is 5. The fraction of sp³-hybridized carbons (Fsp3) is 0.897. The van der Waals surface area contributed by atoms with E-state index in [1.165, 1.54) is 77.3 Å². The highest BCUT2D eigenvalue weighted by atomic mass is 16.5. The summed E-state index contributed by atoms with van der Waals surface area (Å²) in [6, 6.07) is 0. The van der Waals surface area contributed by atoms with E-state index in [9.17, 15) is 4.79 Å². The molecule has 1 rings (SSSR count). The maximum Gasteiger partial charge on any atom is 0.183 e. The first-order valence-electron chi connectivity index (χ1n) is 14.0. The first-order chi connectivity index (χ1) is 15.9. The fourth-order valence-corrected chi connectivity index (χ4v) is 2.27. The van der Waals surface area contributed by atoms with Crippen LogP contribution in [0.1, 0.15) is 126 Å². The van der Waals surface area contributed by atoms with Crippen LogP contribution >= 0.6 is 0 Å². The lowest BCUT2D eigenvalue weighted by atomic mass is 10.2. The van der Waals surface area contributed by atoms with Crippen molar-refractivity contribution in [3.8, 4) is 0 Å². The van der Waals surface area contributed by atoms with Gasteiger partial charge in [-0.3, -0.25) is 4.79 Å². The molecule has 0 unspecified atom stereocenters. The van der Waals surface area contributed by atoms with Crippen LogP contribution in [0, 0.1) is 5.92 Å². The van der Waals surface area contributed by atoms with Gasteiger partial charge in [0.25, 0.3) is 0 Å². The summed E-state index contributed by atoms with van der Waals surface area (Å²) >= 11 is 0. The molecule has 0 radical (unpaired) electrons. The van der Waals surface area contributed by atoms with Crippen molar-refractivity contribution in [3.63, 3.8) is 0 Å². The van der Waals surface area contributed by atoms with E-state index in [1.54, 1.807) is 6.92 Å². The average Bonchev–Trinajstić information content (AvgIpc) is 3.63. The molecular weight excluding hydrogens is 410 g/mol. The summed E-state index contributed by atoms with van der Waals surface area (Å²) in [6.07, 6.45) is 15.4. The van der Waals surface area contributed by atoms with Crippen molar-refractivity contribution in [2.75, 3.05) is 39.5 Å². The van der Waals surface area contributed by atoms with E-state index in [2.05, 4.69) is 53.4 Å². The van der Waals surface area contributed by atoms with Crippen molar-refractivity contribution in [3.05, 3.63) is 12.2 Å². The van der Waals surface area contributed by atoms with Gasteiger partial charge < -0.3 is 14.8 Å². The van der Waals surface area contributed by atoms with Crippen LogP contribution in [0.2, 0.25) is 0 Å². The van der Waals surface area contributed by atoms with E-state index in [4.69, 9.17) is 9.47 Å². The molecule has 1 saturated carbocycles. The van der Waals surface area contributed by atoms with Crippen LogP contribution < -0.4 is 5.32 Å². The molecule has 0 bridgehead atoms. The van der Waals surface area contributed by atoms with Crippen LogP contribution in [-0.2, 0) is 14.3 Å². The molecule has 0 aromatic heterocycles. The van der Waals surface area contributed by atoms with Crippen LogP contribution in [0.25, 0.3) is 0 Å². The van der Waals surface area contributed by atoms with E-state index >= 15 is 0 Å². The highest BCUT2D eigenvalue weighted by molar-refractivity contribution is 5.95. The Labute approximate surface area is 208 Å². The molecule has 1 N–H and O–H groups in total. The van der Waals surface area contributed by atoms with Crippen molar-refractivity contribution in [1.29, 1.82) is 0 Å². The van der Waals surface area contributed by atoms with Gasteiger partial charge in [-0.1, -0.05) is 86.6 Å². The summed E-state index contributed by atoms with van der Waals surface area (Å²) in [5.41, 5.74) is 0.571. The van der Waals surface area contributed by atoms with Gasteiger partial charge in [0, 0.05) is 19.8 Å². The van der Waals surface area contributed by atoms with E-state index in [-0.39, 0.29) is 12.4 Å². The first-order valence-corrected chi connectivity index (χ1v) is 14.0. The number of ketones is 1. The molecule has 0 heterocycles. The second-order valence-corrected chi connectivity index (χ2v) is 8.94. The van der Waals surface area contributed by atoms with Gasteiger partial charge in [-0.2, -0.15) is 0 Å². The number of carbonyl (C=O) groups excluding carboxylic acids is 1. The van der Waals surface area contributed by atoms with Crippen molar-refractivity contribution in [1.82, 2.24) is 5.32 Å². The topological polar surface area (TPSA) is 47.6 Å². The third kappa shape index (κ3) is 42.0. The van der Waals surface area contributed by atoms with Crippen LogP contribution in [0.15, 0.2) is 12.2 Å². The molecule has 4 heteroatoms. The highest BCUT2D eigenvalue weighted by Gasteiger charge is 2.20. The molecule has 0 aliphatic heterocycles. The third-order valence-electron chi connectivity index (χ3n) is 4.89. The Balaban J connectivity index is -0.000000376. The van der Waals surface area contributed by atoms with Gasteiger partial charge in [0.2, 0.25) is 0 Å². The van der Waals surface area contributed by atoms with Crippen LogP contribution in [0.3, 0.4) is 0 Å². The SMILES string of the molecule is C=C(C)C(=O)COCCCC.CCCCC.CCCCNCCC.CCCCOCC1CC1. The molecule has 1 fully saturated rings. The van der Waals surface area contributed by atoms with E-state index < -0.39 is 0 Å². The molecule has 0 aromatic carbocycles. The normalized spacial score (nSPS) is 11.8. The zero-order valence-corrected chi connectivity index (χ0v) is 23.7. The second kappa shape index (κ2) is 33.5. The maximum atomic E-state index is 10.9. The Bertz CT molecular complexity index is 373. The summed E-state index contributed by atoms with van der Waals surface area (Å²) in [7, 11) is 0. The monoisotopic (exact) mass is 471 g/mol. The van der Waals surface area contributed by atoms with Gasteiger partial charge >= 0.3 is 0 Å². The van der Waals surface area contributed by atoms with Gasteiger partial charge in [-0.25, -0.2) is 0 Å². The van der Waals surface area contributed by atoms with Crippen molar-refractivity contribution >= 4 is 5.78 Å². The minimum absolute atomic E-state index is 0.00102. The van der Waals surface area contributed by atoms with Crippen LogP contribution in [0.4, 0.5) is 0 Å². The Morgan fingerprint density at radius 3 is 1.67 bits per heavy atom. The van der Waals surface area contributed by atoms with E-state index in [1.807, 2.05) is 0 Å². The van der Waals surface area contributed by atoms with Gasteiger partial charge in [0.1, 0.15) is 6.61 Å². The molecule has 0 spiro atoms. The predicted octanol–water partition coefficient (Wildman–Crippen LogP) is 8.14. The molecule has 1 aliphatic rings. The largest absolute Gasteiger partial charge is 0.381 e. The molecule has 0 amide bonds. The number of nitrogens with one attached hydrogen (secondary N) is 1. The van der Waals surface area contributed by atoms with E-state index in [0.717, 1.165) is 32.0 Å². The summed E-state index contributed by atoms with van der Waals surface area (Å²) in [5, 5.41) is 3.34. The molecule has 0 saturated heterocycles. The fourth-order valence-electron chi connectivity index (χ4n) is 2.27. The Morgan fingerprint density at radius 1 is 0.758 bits per heavy atom. The van der Waals surface area contributed by atoms with Crippen LogP contribution in [0.5, 0.6) is 0 Å². The Hall–Kier alpha value is -0.710. The molecule has 33 heavy (non-hydrogen) atoms. The van der Waals surface area contributed by atoms with Crippen molar-refractivity contribution in [2.45, 2.75) is 126 Å². The maximum absolute atomic E-state index is 10.9. The quantitative estimate of drug-likeness (QED) is 0.162. The smallest absolute Gasteiger partial charge is 0.183 e. The van der Waals surface area contributed by atoms with Crippen molar-refractivity contribution < 1.29 is 14.3 Å². The standard InChI is InChI=1S/C9H16O2.C8H16O.C7H17N.C5H12/c1-4-5-6-11-7-9(10)8(2)3;1-2-3-6-9-7-8-4-5-8;1-3-5-7-8-6-4-2;1-3-5-4-2/h2,4-7H2,1,3H3;8H,2-7H2,1H3;8H,3-7H2,1-2H3;3-5H2,1-2H3. The Morgan fingerprint density at radius 2 is 1.27 bits per heavy atom. The summed E-state index contributed by atoms with van der Waals surface area (Å²) in [4.78, 5) is 10.9. The molecule has 200 valence electrons. The zero-order chi connectivity index (χ0) is 25.6. The van der Waals surface area contributed by atoms with Gasteiger partial charge in [-0.05, 0) is 70.0 Å². The lowest BCUT2D eigenvalue weighted by Gasteiger charge is -2.00. The highest BCUT2D eigenvalue weighted by Crippen LogP contribution is 2.28. The number of hydrogen-bond donors (Lipinski definition) is 1. The number of carbonyl (C=O) groups is 1. The molecule has 1 aliphatic carbocycles. The van der Waals surface area contributed by atoms with Gasteiger partial charge in [0.05, 0.1) is 0 Å². The van der Waals surface area contributed by atoms with Crippen LogP contribution in [-0.4, -0.2) is 45.3 Å². The van der Waals surface area contributed by atoms with E-state index in [0.29, 0.717) is 12.2 Å². The summed E-state index contributed by atoms with van der Waals surface area (Å²) < 4.78 is 10.5. The number of ether oxygens (including phenoxy) is 2. The Kier molecular flexibility index (Phi) is 37.4. The number of hydrogen-bond acceptors (Lipinski definition) is 4. The average molecular weight is 472 g/mol. The zero-order valence-electron chi connectivity index (χ0n) is 23.7. The van der Waals surface area contributed by atoms with Gasteiger partial charge in [0.15, 0.2) is 5.78 Å². The molecular formula is C29H61NO3. The van der Waals surface area contributed by atoms with Crippen molar-refractivity contribution in [2.24, 2.45) is 5.92 Å². The summed E-state index contributed by atoms with van der Waals surface area (Å²) in [5.74, 6) is 0.933. The minimum atomic E-state index is 0.00102. The predicted molar refractivity (Wildman–Crippen MR) is 147 cm³/mol. The lowest BCUT2D eigenvalue weighted by molar-refractivity contribution is -0.119. The second-order valence-electron chi connectivity index (χ2n) is 8.94. The van der Waals surface area contributed by atoms with Gasteiger partial charge in [-0.15, -0.1) is 0 Å². The molecule has 4 nitrogen and oxygen atoms in total.